The number of fused-ring (bicyclic) bond motifs is 1. The Balaban J connectivity index is 0.864. The predicted molar refractivity (Wildman–Crippen MR) is 209 cm³/mol. The van der Waals surface area contributed by atoms with Gasteiger partial charge in [0.05, 0.1) is 34.1 Å². The molecule has 0 radical (unpaired) electrons. The number of carbonyl (C=O) groups is 3. The second-order valence-electron chi connectivity index (χ2n) is 15.1. The maximum absolute atomic E-state index is 13.6. The number of aryl methyl sites for hydroxylation is 1. The standard InChI is InChI=1S/C40H46ClN9O4/c1-24-31-23-43-40(46-37(31)50(28-5-3-4-6-28)39(54)36(24)25(2)51)44-34-11-8-29(22-42-34)47-15-13-27(14-16-47)48-17-19-49(20-18-48)33-10-7-26(21-32(33)41)30-9-12-35(52)45-38(30)53/h7-8,10-11,21-23,27-28,30H,3-6,9,12-20H2,1-2H3,(H,45,52,53)(H,42,43,44,46). The molecule has 0 bridgehead atoms. The molecule has 1 atom stereocenters. The lowest BCUT2D eigenvalue weighted by Gasteiger charge is -2.44. The van der Waals surface area contributed by atoms with Crippen molar-refractivity contribution in [3.63, 3.8) is 0 Å². The van der Waals surface area contributed by atoms with Gasteiger partial charge >= 0.3 is 0 Å². The third-order valence-electron chi connectivity index (χ3n) is 11.9. The normalized spacial score (nSPS) is 20.5. The first-order valence-corrected chi connectivity index (χ1v) is 19.6. The maximum Gasteiger partial charge on any atom is 0.263 e. The number of amides is 2. The van der Waals surface area contributed by atoms with Gasteiger partial charge in [-0.1, -0.05) is 30.5 Å². The van der Waals surface area contributed by atoms with Crippen LogP contribution >= 0.6 is 11.6 Å². The van der Waals surface area contributed by atoms with Crippen LogP contribution in [-0.2, 0) is 9.59 Å². The van der Waals surface area contributed by atoms with Crippen LogP contribution in [0.5, 0.6) is 0 Å². The summed E-state index contributed by atoms with van der Waals surface area (Å²) in [5.74, 6) is -0.0691. The zero-order valence-corrected chi connectivity index (χ0v) is 31.6. The molecule has 1 unspecified atom stereocenters. The van der Waals surface area contributed by atoms with Crippen LogP contribution in [0.15, 0.2) is 47.5 Å². The number of piperazine rings is 1. The van der Waals surface area contributed by atoms with Crippen LogP contribution in [0.2, 0.25) is 5.02 Å². The largest absolute Gasteiger partial charge is 0.370 e. The molecule has 4 aliphatic rings. The van der Waals surface area contributed by atoms with Gasteiger partial charge in [-0.2, -0.15) is 4.98 Å². The summed E-state index contributed by atoms with van der Waals surface area (Å²) in [5, 5.41) is 7.03. The molecule has 0 spiro atoms. The highest BCUT2D eigenvalue weighted by molar-refractivity contribution is 6.33. The summed E-state index contributed by atoms with van der Waals surface area (Å²) in [4.78, 5) is 71.3. The molecule has 6 heterocycles. The van der Waals surface area contributed by atoms with Crippen LogP contribution < -0.4 is 26.0 Å². The number of pyridine rings is 2. The van der Waals surface area contributed by atoms with E-state index in [1.54, 1.807) is 17.7 Å². The SMILES string of the molecule is CC(=O)c1c(C)c2cnc(Nc3ccc(N4CCC(N5CCN(c6ccc(C7CCC(=O)NC7=O)cc6Cl)CC5)CC4)cn3)nc2n(C2CCCC2)c1=O. The highest BCUT2D eigenvalue weighted by Crippen LogP contribution is 2.35. The molecule has 2 N–H and O–H groups in total. The van der Waals surface area contributed by atoms with E-state index in [1.807, 2.05) is 30.5 Å². The van der Waals surface area contributed by atoms with Gasteiger partial charge in [-0.15, -0.1) is 0 Å². The minimum atomic E-state index is -0.342. The van der Waals surface area contributed by atoms with Crippen molar-refractivity contribution in [1.29, 1.82) is 0 Å². The van der Waals surface area contributed by atoms with Gasteiger partial charge in [0.15, 0.2) is 5.78 Å². The zero-order chi connectivity index (χ0) is 37.5. The van der Waals surface area contributed by atoms with Crippen molar-refractivity contribution in [2.75, 3.05) is 54.4 Å². The second-order valence-corrected chi connectivity index (χ2v) is 15.5. The lowest BCUT2D eigenvalue weighted by Crippen LogP contribution is -2.53. The summed E-state index contributed by atoms with van der Waals surface area (Å²) in [6.07, 6.45) is 10.5. The highest BCUT2D eigenvalue weighted by Gasteiger charge is 2.31. The predicted octanol–water partition coefficient (Wildman–Crippen LogP) is 5.52. The summed E-state index contributed by atoms with van der Waals surface area (Å²) in [6, 6.07) is 10.4. The van der Waals surface area contributed by atoms with Crippen molar-refractivity contribution < 1.29 is 14.4 Å². The number of hydrogen-bond donors (Lipinski definition) is 2. The molecule has 54 heavy (non-hydrogen) atoms. The van der Waals surface area contributed by atoms with E-state index in [1.165, 1.54) is 6.92 Å². The molecular weight excluding hydrogens is 706 g/mol. The number of nitrogens with one attached hydrogen (secondary N) is 2. The second kappa shape index (κ2) is 15.1. The Morgan fingerprint density at radius 1 is 0.870 bits per heavy atom. The van der Waals surface area contributed by atoms with E-state index in [0.717, 1.165) is 94.7 Å². The minimum absolute atomic E-state index is 0.0183. The van der Waals surface area contributed by atoms with Crippen molar-refractivity contribution in [3.05, 3.63) is 74.8 Å². The molecule has 13 nitrogen and oxygen atoms in total. The molecule has 14 heteroatoms. The lowest BCUT2D eigenvalue weighted by atomic mass is 9.90. The minimum Gasteiger partial charge on any atom is -0.370 e. The first kappa shape index (κ1) is 36.1. The Bertz CT molecular complexity index is 2150. The van der Waals surface area contributed by atoms with Gasteiger partial charge in [-0.3, -0.25) is 34.0 Å². The van der Waals surface area contributed by atoms with Gasteiger partial charge in [-0.05, 0) is 81.3 Å². The fourth-order valence-corrected chi connectivity index (χ4v) is 9.20. The van der Waals surface area contributed by atoms with Gasteiger partial charge in [-0.25, -0.2) is 9.97 Å². The topological polar surface area (TPSA) is 146 Å². The summed E-state index contributed by atoms with van der Waals surface area (Å²) >= 11 is 6.75. The molecule has 1 aliphatic carbocycles. The molecular formula is C40H46ClN9O4. The van der Waals surface area contributed by atoms with E-state index in [2.05, 4.69) is 41.4 Å². The Kier molecular flexibility index (Phi) is 10.1. The van der Waals surface area contributed by atoms with Crippen LogP contribution in [0, 0.1) is 6.92 Å². The average Bonchev–Trinajstić information content (AvgIpc) is 3.70. The molecule has 8 rings (SSSR count). The van der Waals surface area contributed by atoms with E-state index < -0.39 is 0 Å². The van der Waals surface area contributed by atoms with Gasteiger partial charge in [0.25, 0.3) is 5.56 Å². The number of ketones is 1. The molecule has 282 valence electrons. The quantitative estimate of drug-likeness (QED) is 0.173. The van der Waals surface area contributed by atoms with Crippen molar-refractivity contribution >= 4 is 63.4 Å². The highest BCUT2D eigenvalue weighted by atomic mass is 35.5. The zero-order valence-electron chi connectivity index (χ0n) is 30.8. The number of hydrogen-bond acceptors (Lipinski definition) is 11. The van der Waals surface area contributed by atoms with Crippen LogP contribution in [0.25, 0.3) is 11.0 Å². The third kappa shape index (κ3) is 7.06. The monoisotopic (exact) mass is 751 g/mol. The number of carbonyl (C=O) groups excluding carboxylic acids is 3. The van der Waals surface area contributed by atoms with E-state index in [-0.39, 0.29) is 40.7 Å². The summed E-state index contributed by atoms with van der Waals surface area (Å²) in [7, 11) is 0. The fraction of sp³-hybridized carbons (Fsp3) is 0.475. The molecule has 3 aromatic heterocycles. The van der Waals surface area contributed by atoms with Crippen molar-refractivity contribution in [3.8, 4) is 0 Å². The van der Waals surface area contributed by atoms with E-state index in [4.69, 9.17) is 16.6 Å². The Morgan fingerprint density at radius 2 is 1.63 bits per heavy atom. The van der Waals surface area contributed by atoms with Crippen molar-refractivity contribution in [2.24, 2.45) is 0 Å². The van der Waals surface area contributed by atoms with Gasteiger partial charge in [0.2, 0.25) is 17.8 Å². The number of anilines is 4. The Labute approximate surface area is 319 Å². The molecule has 1 aromatic carbocycles. The third-order valence-corrected chi connectivity index (χ3v) is 12.2. The van der Waals surface area contributed by atoms with Gasteiger partial charge in [0.1, 0.15) is 11.5 Å². The summed E-state index contributed by atoms with van der Waals surface area (Å²) < 4.78 is 1.72. The van der Waals surface area contributed by atoms with Crippen LogP contribution in [0.4, 0.5) is 23.1 Å². The van der Waals surface area contributed by atoms with E-state index >= 15 is 0 Å². The molecule has 2 amide bonds. The van der Waals surface area contributed by atoms with E-state index in [9.17, 15) is 19.2 Å². The molecule has 1 saturated carbocycles. The molecule has 4 aromatic rings. The van der Waals surface area contributed by atoms with Crippen LogP contribution in [0.1, 0.15) is 91.7 Å². The van der Waals surface area contributed by atoms with Gasteiger partial charge < -0.3 is 15.1 Å². The number of benzene rings is 1. The number of Topliss-reactive ketones (excluding diaryl/α,β-unsaturated/α-hetero) is 1. The van der Waals surface area contributed by atoms with Gasteiger partial charge in [0, 0.05) is 69.4 Å². The lowest BCUT2D eigenvalue weighted by molar-refractivity contribution is -0.134. The van der Waals surface area contributed by atoms with Crippen molar-refractivity contribution in [1.82, 2.24) is 29.7 Å². The van der Waals surface area contributed by atoms with Crippen LogP contribution in [0.3, 0.4) is 0 Å². The first-order valence-electron chi connectivity index (χ1n) is 19.2. The molecule has 3 saturated heterocycles. The average molecular weight is 752 g/mol. The Hall–Kier alpha value is -4.88. The Morgan fingerprint density at radius 3 is 2.30 bits per heavy atom. The number of imide groups is 1. The molecule has 3 aliphatic heterocycles. The summed E-state index contributed by atoms with van der Waals surface area (Å²) in [5.41, 5.74) is 4.05. The smallest absolute Gasteiger partial charge is 0.263 e. The van der Waals surface area contributed by atoms with Crippen LogP contribution in [-0.4, -0.2) is 87.3 Å². The number of aromatic nitrogens is 4. The number of rotatable bonds is 8. The maximum atomic E-state index is 13.6. The number of halogens is 1. The fourth-order valence-electron chi connectivity index (χ4n) is 8.90. The van der Waals surface area contributed by atoms with E-state index in [0.29, 0.717) is 52.3 Å². The van der Waals surface area contributed by atoms with Crippen molar-refractivity contribution in [2.45, 2.75) is 83.2 Å². The number of nitrogens with zero attached hydrogens (tertiary/aromatic N) is 7. The summed E-state index contributed by atoms with van der Waals surface area (Å²) in [6.45, 7) is 8.82. The number of piperidine rings is 2. The molecule has 4 fully saturated rings. The first-order chi connectivity index (χ1) is 26.1.